The number of alkyl halides is 1. The zero-order chi connectivity index (χ0) is 10.6. The molecule has 0 bridgehead atoms. The number of ether oxygens (including phenoxy) is 1. The number of pyridine rings is 1. The Kier molecular flexibility index (Phi) is 3.76. The van der Waals surface area contributed by atoms with Gasteiger partial charge in [-0.25, -0.2) is 9.78 Å². The first-order chi connectivity index (χ1) is 6.69. The molecule has 0 saturated heterocycles. The quantitative estimate of drug-likeness (QED) is 0.467. The third-order valence-electron chi connectivity index (χ3n) is 1.60. The maximum atomic E-state index is 11.2. The highest BCUT2D eigenvalue weighted by Gasteiger charge is 2.10. The van der Waals surface area contributed by atoms with Crippen molar-refractivity contribution in [3.63, 3.8) is 0 Å². The van der Waals surface area contributed by atoms with Crippen molar-refractivity contribution < 1.29 is 14.3 Å². The second-order valence-electron chi connectivity index (χ2n) is 2.48. The minimum Gasteiger partial charge on any atom is -0.464 e. The molecule has 1 rings (SSSR count). The highest BCUT2D eigenvalue weighted by molar-refractivity contribution is 9.09. The Balaban J connectivity index is 3.01. The van der Waals surface area contributed by atoms with Crippen molar-refractivity contribution in [3.8, 4) is 0 Å². The van der Waals surface area contributed by atoms with Gasteiger partial charge in [0.2, 0.25) is 0 Å². The minimum atomic E-state index is -0.547. The van der Waals surface area contributed by atoms with E-state index in [-0.39, 0.29) is 16.8 Å². The monoisotopic (exact) mass is 257 g/mol. The molecule has 74 valence electrons. The molecule has 4 nitrogen and oxygen atoms in total. The van der Waals surface area contributed by atoms with Gasteiger partial charge in [0, 0.05) is 11.8 Å². The van der Waals surface area contributed by atoms with Crippen molar-refractivity contribution in [3.05, 3.63) is 29.6 Å². The molecule has 0 aliphatic rings. The summed E-state index contributed by atoms with van der Waals surface area (Å²) in [5.41, 5.74) is 0.580. The van der Waals surface area contributed by atoms with Crippen LogP contribution in [0.2, 0.25) is 0 Å². The van der Waals surface area contributed by atoms with E-state index in [1.807, 2.05) is 0 Å². The average Bonchev–Trinajstić information content (AvgIpc) is 2.27. The van der Waals surface area contributed by atoms with Gasteiger partial charge in [0.1, 0.15) is 5.69 Å². The lowest BCUT2D eigenvalue weighted by Gasteiger charge is -2.00. The zero-order valence-electron chi connectivity index (χ0n) is 7.49. The van der Waals surface area contributed by atoms with Crippen LogP contribution in [0.25, 0.3) is 0 Å². The first-order valence-electron chi connectivity index (χ1n) is 3.82. The maximum absolute atomic E-state index is 11.2. The number of methoxy groups -OCH3 is 1. The Labute approximate surface area is 89.4 Å². The van der Waals surface area contributed by atoms with Gasteiger partial charge in [-0.3, -0.25) is 4.79 Å². The average molecular weight is 258 g/mol. The SMILES string of the molecule is COC(=O)c1cc(C(=O)CBr)ccn1. The lowest BCUT2D eigenvalue weighted by atomic mass is 10.1. The van der Waals surface area contributed by atoms with Crippen LogP contribution in [0.3, 0.4) is 0 Å². The Morgan fingerprint density at radius 2 is 2.29 bits per heavy atom. The third-order valence-corrected chi connectivity index (χ3v) is 2.11. The molecule has 0 saturated carbocycles. The number of esters is 1. The van der Waals surface area contributed by atoms with E-state index in [0.29, 0.717) is 5.56 Å². The van der Waals surface area contributed by atoms with Gasteiger partial charge in [-0.2, -0.15) is 0 Å². The van der Waals surface area contributed by atoms with Crippen LogP contribution in [-0.4, -0.2) is 29.2 Å². The molecule has 5 heteroatoms. The molecule has 0 atom stereocenters. The van der Waals surface area contributed by atoms with Crippen LogP contribution in [0.1, 0.15) is 20.8 Å². The van der Waals surface area contributed by atoms with E-state index in [1.54, 1.807) is 6.07 Å². The highest BCUT2D eigenvalue weighted by atomic mass is 79.9. The van der Waals surface area contributed by atoms with Crippen molar-refractivity contribution in [1.29, 1.82) is 0 Å². The molecular weight excluding hydrogens is 250 g/mol. The van der Waals surface area contributed by atoms with Crippen LogP contribution >= 0.6 is 15.9 Å². The van der Waals surface area contributed by atoms with Crippen LogP contribution in [0.4, 0.5) is 0 Å². The third kappa shape index (κ3) is 2.38. The van der Waals surface area contributed by atoms with Crippen LogP contribution in [-0.2, 0) is 4.74 Å². The molecule has 1 heterocycles. The van der Waals surface area contributed by atoms with E-state index >= 15 is 0 Å². The Bertz CT molecular complexity index is 334. The molecule has 0 spiro atoms. The van der Waals surface area contributed by atoms with Crippen molar-refractivity contribution in [2.24, 2.45) is 0 Å². The van der Waals surface area contributed by atoms with Gasteiger partial charge in [0.15, 0.2) is 5.78 Å². The predicted octanol–water partition coefficient (Wildman–Crippen LogP) is 1.45. The standard InChI is InChI=1S/C9H8BrNO3/c1-14-9(13)7-4-6(2-3-11-7)8(12)5-10/h2-4H,5H2,1H3. The summed E-state index contributed by atoms with van der Waals surface area (Å²) in [5, 5.41) is 0.220. The summed E-state index contributed by atoms with van der Waals surface area (Å²) in [6.07, 6.45) is 1.40. The number of ketones is 1. The molecule has 14 heavy (non-hydrogen) atoms. The fraction of sp³-hybridized carbons (Fsp3) is 0.222. The first-order valence-corrected chi connectivity index (χ1v) is 4.94. The summed E-state index contributed by atoms with van der Waals surface area (Å²) in [4.78, 5) is 26.1. The normalized spacial score (nSPS) is 9.57. The number of hydrogen-bond donors (Lipinski definition) is 0. The summed E-state index contributed by atoms with van der Waals surface area (Å²) in [6, 6.07) is 2.96. The Hall–Kier alpha value is -1.23. The lowest BCUT2D eigenvalue weighted by molar-refractivity contribution is 0.0594. The van der Waals surface area contributed by atoms with Crippen LogP contribution < -0.4 is 0 Å². The molecule has 0 radical (unpaired) electrons. The number of halogens is 1. The van der Waals surface area contributed by atoms with E-state index < -0.39 is 5.97 Å². The molecule has 0 aromatic carbocycles. The van der Waals surface area contributed by atoms with Gasteiger partial charge < -0.3 is 4.74 Å². The van der Waals surface area contributed by atoms with E-state index in [4.69, 9.17) is 0 Å². The van der Waals surface area contributed by atoms with Gasteiger partial charge >= 0.3 is 5.97 Å². The second kappa shape index (κ2) is 4.85. The molecule has 0 amide bonds. The molecule has 0 fully saturated rings. The minimum absolute atomic E-state index is 0.0995. The van der Waals surface area contributed by atoms with Gasteiger partial charge in [-0.1, -0.05) is 15.9 Å². The number of carbonyl (C=O) groups excluding carboxylic acids is 2. The summed E-state index contributed by atoms with van der Waals surface area (Å²) in [7, 11) is 1.27. The van der Waals surface area contributed by atoms with Crippen LogP contribution in [0, 0.1) is 0 Å². The second-order valence-corrected chi connectivity index (χ2v) is 3.04. The fourth-order valence-electron chi connectivity index (χ4n) is 0.897. The first kappa shape index (κ1) is 10.8. The molecule has 0 unspecified atom stereocenters. The lowest BCUT2D eigenvalue weighted by Crippen LogP contribution is -2.07. The molecule has 0 aliphatic heterocycles. The van der Waals surface area contributed by atoms with E-state index in [1.165, 1.54) is 19.4 Å². The van der Waals surface area contributed by atoms with Crippen LogP contribution in [0.15, 0.2) is 18.3 Å². The van der Waals surface area contributed by atoms with Gasteiger partial charge in [-0.15, -0.1) is 0 Å². The van der Waals surface area contributed by atoms with E-state index in [0.717, 1.165) is 0 Å². The van der Waals surface area contributed by atoms with E-state index in [2.05, 4.69) is 25.7 Å². The number of Topliss-reactive ketones (excluding diaryl/α,β-unsaturated/α-hetero) is 1. The van der Waals surface area contributed by atoms with Crippen molar-refractivity contribution in [2.45, 2.75) is 0 Å². The molecule has 0 aliphatic carbocycles. The molecular formula is C9H8BrNO3. The summed E-state index contributed by atoms with van der Waals surface area (Å²) >= 11 is 3.04. The molecule has 1 aromatic rings. The Morgan fingerprint density at radius 3 is 2.86 bits per heavy atom. The van der Waals surface area contributed by atoms with Crippen molar-refractivity contribution in [2.75, 3.05) is 12.4 Å². The van der Waals surface area contributed by atoms with Crippen molar-refractivity contribution in [1.82, 2.24) is 4.98 Å². The summed E-state index contributed by atoms with van der Waals surface area (Å²) < 4.78 is 4.48. The summed E-state index contributed by atoms with van der Waals surface area (Å²) in [5.74, 6) is -0.647. The number of rotatable bonds is 3. The predicted molar refractivity (Wildman–Crippen MR) is 53.7 cm³/mol. The summed E-state index contributed by atoms with van der Waals surface area (Å²) in [6.45, 7) is 0. The largest absolute Gasteiger partial charge is 0.464 e. The van der Waals surface area contributed by atoms with E-state index in [9.17, 15) is 9.59 Å². The number of nitrogens with zero attached hydrogens (tertiary/aromatic N) is 1. The smallest absolute Gasteiger partial charge is 0.356 e. The van der Waals surface area contributed by atoms with Gasteiger partial charge in [0.05, 0.1) is 12.4 Å². The Morgan fingerprint density at radius 1 is 1.57 bits per heavy atom. The molecule has 1 aromatic heterocycles. The maximum Gasteiger partial charge on any atom is 0.356 e. The van der Waals surface area contributed by atoms with Crippen LogP contribution in [0.5, 0.6) is 0 Å². The topological polar surface area (TPSA) is 56.3 Å². The molecule has 0 N–H and O–H groups in total. The fourth-order valence-corrected chi connectivity index (χ4v) is 1.22. The van der Waals surface area contributed by atoms with Gasteiger partial charge in [-0.05, 0) is 12.1 Å². The van der Waals surface area contributed by atoms with Crippen molar-refractivity contribution >= 4 is 27.7 Å². The number of carbonyl (C=O) groups is 2. The zero-order valence-corrected chi connectivity index (χ0v) is 9.08. The number of hydrogen-bond acceptors (Lipinski definition) is 4. The number of aromatic nitrogens is 1. The highest BCUT2D eigenvalue weighted by Crippen LogP contribution is 2.05. The van der Waals surface area contributed by atoms with Gasteiger partial charge in [0.25, 0.3) is 0 Å².